The average molecular weight is 260 g/mol. The fourth-order valence-electron chi connectivity index (χ4n) is 1.83. The second-order valence-corrected chi connectivity index (χ2v) is 4.70. The number of aromatic nitrogens is 2. The van der Waals surface area contributed by atoms with Crippen LogP contribution >= 0.6 is 11.3 Å². The lowest BCUT2D eigenvalue weighted by Crippen LogP contribution is -2.25. The van der Waals surface area contributed by atoms with Crippen LogP contribution in [0.3, 0.4) is 0 Å². The van der Waals surface area contributed by atoms with E-state index >= 15 is 0 Å². The maximum absolute atomic E-state index is 11.8. The van der Waals surface area contributed by atoms with Crippen molar-refractivity contribution < 1.29 is 14.3 Å². The van der Waals surface area contributed by atoms with Crippen molar-refractivity contribution in [3.05, 3.63) is 40.7 Å². The van der Waals surface area contributed by atoms with Crippen molar-refractivity contribution in [3.63, 3.8) is 0 Å². The number of nitrogens with zero attached hydrogens (tertiary/aromatic N) is 2. The molecule has 6 heteroatoms. The van der Waals surface area contributed by atoms with Gasteiger partial charge in [0.2, 0.25) is 10.5 Å². The largest absolute Gasteiger partial charge is 0.618 e. The Bertz CT molecular complexity index is 766. The Hall–Kier alpha value is -2.21. The van der Waals surface area contributed by atoms with Gasteiger partial charge in [-0.15, -0.1) is 11.3 Å². The van der Waals surface area contributed by atoms with Crippen molar-refractivity contribution in [2.45, 2.75) is 0 Å². The minimum absolute atomic E-state index is 0.254. The van der Waals surface area contributed by atoms with E-state index in [2.05, 4.69) is 9.72 Å². The van der Waals surface area contributed by atoms with Crippen LogP contribution in [0.1, 0.15) is 9.80 Å². The molecule has 3 aromatic rings. The second kappa shape index (κ2) is 3.92. The molecule has 18 heavy (non-hydrogen) atoms. The third-order valence-corrected chi connectivity index (χ3v) is 3.70. The molecule has 0 N–H and O–H groups in total. The van der Waals surface area contributed by atoms with Crippen molar-refractivity contribution >= 4 is 38.4 Å². The van der Waals surface area contributed by atoms with Gasteiger partial charge in [-0.25, -0.2) is 9.78 Å². The molecule has 0 amide bonds. The highest BCUT2D eigenvalue weighted by Crippen LogP contribution is 2.28. The van der Waals surface area contributed by atoms with Crippen LogP contribution in [0, 0.1) is 5.21 Å². The standard InChI is InChI=1S/C12H8N2O3S/c1-17-12(15)11-13-8-5-4-7-3-2-6-14(16)9(7)10(8)18-11/h2-6H,1H3. The summed E-state index contributed by atoms with van der Waals surface area (Å²) in [6.45, 7) is 0. The number of benzene rings is 1. The van der Waals surface area contributed by atoms with Gasteiger partial charge in [-0.2, -0.15) is 4.73 Å². The van der Waals surface area contributed by atoms with Gasteiger partial charge in [0.1, 0.15) is 4.70 Å². The van der Waals surface area contributed by atoms with E-state index in [1.165, 1.54) is 24.6 Å². The summed E-state index contributed by atoms with van der Waals surface area (Å²) in [6, 6.07) is 7.14. The topological polar surface area (TPSA) is 66.1 Å². The number of fused-ring (bicyclic) bond motifs is 3. The van der Waals surface area contributed by atoms with Gasteiger partial charge in [0.15, 0.2) is 6.20 Å². The molecule has 0 saturated heterocycles. The van der Waals surface area contributed by atoms with E-state index in [1.807, 2.05) is 12.1 Å². The zero-order chi connectivity index (χ0) is 12.7. The molecule has 1 aromatic carbocycles. The average Bonchev–Trinajstić information content (AvgIpc) is 2.81. The van der Waals surface area contributed by atoms with Gasteiger partial charge in [-0.05, 0) is 18.2 Å². The smallest absolute Gasteiger partial charge is 0.367 e. The first-order chi connectivity index (χ1) is 8.70. The van der Waals surface area contributed by atoms with Gasteiger partial charge in [0.05, 0.1) is 12.6 Å². The first-order valence-electron chi connectivity index (χ1n) is 5.20. The Morgan fingerprint density at radius 3 is 3.06 bits per heavy atom. The molecule has 0 fully saturated rings. The summed E-state index contributed by atoms with van der Waals surface area (Å²) in [6.07, 6.45) is 1.43. The summed E-state index contributed by atoms with van der Waals surface area (Å²) in [4.78, 5) is 15.6. The molecule has 90 valence electrons. The zero-order valence-corrected chi connectivity index (χ0v) is 10.2. The molecule has 5 nitrogen and oxygen atoms in total. The number of carbonyl (C=O) groups is 1. The van der Waals surface area contributed by atoms with Crippen LogP contribution in [0.2, 0.25) is 0 Å². The van der Waals surface area contributed by atoms with Crippen LogP contribution in [0.15, 0.2) is 30.5 Å². The number of esters is 1. The quantitative estimate of drug-likeness (QED) is 0.380. The van der Waals surface area contributed by atoms with E-state index in [0.29, 0.717) is 15.7 Å². The van der Waals surface area contributed by atoms with Gasteiger partial charge in [-0.3, -0.25) is 0 Å². The van der Waals surface area contributed by atoms with Crippen LogP contribution < -0.4 is 4.73 Å². The first kappa shape index (κ1) is 10.9. The molecule has 0 atom stereocenters. The van der Waals surface area contributed by atoms with Gasteiger partial charge in [0, 0.05) is 11.5 Å². The summed E-state index contributed by atoms with van der Waals surface area (Å²) in [7, 11) is 1.31. The van der Waals surface area contributed by atoms with Crippen molar-refractivity contribution in [1.29, 1.82) is 0 Å². The number of ether oxygens (including phenoxy) is 1. The number of rotatable bonds is 1. The summed E-state index contributed by atoms with van der Waals surface area (Å²) >= 11 is 1.17. The van der Waals surface area contributed by atoms with Crippen molar-refractivity contribution in [2.24, 2.45) is 0 Å². The van der Waals surface area contributed by atoms with Gasteiger partial charge in [0.25, 0.3) is 0 Å². The van der Waals surface area contributed by atoms with Crippen LogP contribution in [0.25, 0.3) is 21.1 Å². The van der Waals surface area contributed by atoms with E-state index < -0.39 is 5.97 Å². The Kier molecular flexibility index (Phi) is 2.38. The summed E-state index contributed by atoms with van der Waals surface area (Å²) in [5.41, 5.74) is 1.16. The molecular weight excluding hydrogens is 252 g/mol. The van der Waals surface area contributed by atoms with E-state index in [1.54, 1.807) is 12.1 Å². The lowest BCUT2D eigenvalue weighted by atomic mass is 10.2. The second-order valence-electron chi connectivity index (χ2n) is 3.70. The number of hydrogen-bond donors (Lipinski definition) is 0. The minimum atomic E-state index is -0.488. The van der Waals surface area contributed by atoms with Gasteiger partial charge >= 0.3 is 5.97 Å². The fourth-order valence-corrected chi connectivity index (χ4v) is 2.86. The molecule has 2 heterocycles. The highest BCUT2D eigenvalue weighted by atomic mass is 32.1. The minimum Gasteiger partial charge on any atom is -0.618 e. The lowest BCUT2D eigenvalue weighted by molar-refractivity contribution is -0.576. The number of methoxy groups -OCH3 is 1. The summed E-state index contributed by atoms with van der Waals surface area (Å²) in [5, 5.41) is 12.9. The normalized spacial score (nSPS) is 10.9. The molecule has 0 aliphatic rings. The maximum Gasteiger partial charge on any atom is 0.367 e. The van der Waals surface area contributed by atoms with Crippen molar-refractivity contribution in [2.75, 3.05) is 7.11 Å². The summed E-state index contributed by atoms with van der Waals surface area (Å²) < 4.78 is 6.12. The highest BCUT2D eigenvalue weighted by Gasteiger charge is 2.17. The van der Waals surface area contributed by atoms with Crippen molar-refractivity contribution in [3.8, 4) is 0 Å². The molecular formula is C12H8N2O3S. The van der Waals surface area contributed by atoms with E-state index in [9.17, 15) is 10.0 Å². The Balaban J connectivity index is 2.40. The third-order valence-electron chi connectivity index (χ3n) is 2.64. The lowest BCUT2D eigenvalue weighted by Gasteiger charge is -2.00. The molecule has 3 rings (SSSR count). The van der Waals surface area contributed by atoms with Gasteiger partial charge < -0.3 is 9.94 Å². The predicted molar refractivity (Wildman–Crippen MR) is 67.4 cm³/mol. The molecule has 0 spiro atoms. The molecule has 0 radical (unpaired) electrons. The number of carbonyl (C=O) groups excluding carboxylic acids is 1. The number of hydrogen-bond acceptors (Lipinski definition) is 5. The molecule has 0 unspecified atom stereocenters. The van der Waals surface area contributed by atoms with Crippen LogP contribution in [-0.2, 0) is 4.74 Å². The highest BCUT2D eigenvalue weighted by molar-refractivity contribution is 7.21. The molecule has 0 bridgehead atoms. The maximum atomic E-state index is 11.8. The van der Waals surface area contributed by atoms with Gasteiger partial charge in [-0.1, -0.05) is 0 Å². The van der Waals surface area contributed by atoms with Crippen molar-refractivity contribution in [1.82, 2.24) is 4.98 Å². The Labute approximate surface area is 106 Å². The van der Waals surface area contributed by atoms with E-state index in [4.69, 9.17) is 0 Å². The van der Waals surface area contributed by atoms with Crippen LogP contribution in [-0.4, -0.2) is 18.1 Å². The molecule has 0 aliphatic heterocycles. The van der Waals surface area contributed by atoms with Crippen LogP contribution in [0.5, 0.6) is 0 Å². The molecule has 0 aliphatic carbocycles. The molecule has 0 saturated carbocycles. The van der Waals surface area contributed by atoms with E-state index in [0.717, 1.165) is 10.1 Å². The summed E-state index contributed by atoms with van der Waals surface area (Å²) in [5.74, 6) is -0.488. The van der Waals surface area contributed by atoms with E-state index in [-0.39, 0.29) is 5.01 Å². The number of pyridine rings is 1. The Morgan fingerprint density at radius 2 is 2.28 bits per heavy atom. The zero-order valence-electron chi connectivity index (χ0n) is 9.41. The molecule has 2 aromatic heterocycles. The Morgan fingerprint density at radius 1 is 1.44 bits per heavy atom. The first-order valence-corrected chi connectivity index (χ1v) is 6.02. The third kappa shape index (κ3) is 1.50. The fraction of sp³-hybridized carbons (Fsp3) is 0.0833. The number of thiazole rings is 1. The van der Waals surface area contributed by atoms with Crippen LogP contribution in [0.4, 0.5) is 0 Å². The SMILES string of the molecule is COC(=O)c1nc2ccc3ccc[n+]([O-])c3c2s1. The predicted octanol–water partition coefficient (Wildman–Crippen LogP) is 1.87. The monoisotopic (exact) mass is 260 g/mol.